The molecule has 0 bridgehead atoms. The Morgan fingerprint density at radius 1 is 0.857 bits per heavy atom. The van der Waals surface area contributed by atoms with Crippen molar-refractivity contribution in [3.8, 4) is 11.5 Å². The predicted molar refractivity (Wildman–Crippen MR) is 165 cm³/mol. The quantitative estimate of drug-likeness (QED) is 0.266. The Morgan fingerprint density at radius 2 is 1.48 bits per heavy atom. The second kappa shape index (κ2) is 11.6. The van der Waals surface area contributed by atoms with Gasteiger partial charge in [-0.1, -0.05) is 39.0 Å². The molecule has 4 aromatic rings. The predicted octanol–water partition coefficient (Wildman–Crippen LogP) is 6.57. The first-order valence-electron chi connectivity index (χ1n) is 14.0. The van der Waals surface area contributed by atoms with E-state index >= 15 is 0 Å². The molecule has 0 spiro atoms. The van der Waals surface area contributed by atoms with E-state index in [2.05, 4.69) is 43.6 Å². The van der Waals surface area contributed by atoms with E-state index < -0.39 is 5.92 Å². The van der Waals surface area contributed by atoms with E-state index in [0.29, 0.717) is 22.7 Å². The van der Waals surface area contributed by atoms with Gasteiger partial charge in [0.15, 0.2) is 0 Å². The normalized spacial score (nSPS) is 15.0. The molecule has 1 saturated heterocycles. The van der Waals surface area contributed by atoms with Crippen LogP contribution in [-0.2, 0) is 15.0 Å². The highest BCUT2D eigenvalue weighted by Crippen LogP contribution is 2.30. The summed E-state index contributed by atoms with van der Waals surface area (Å²) in [4.78, 5) is 40.4. The molecule has 3 amide bonds. The van der Waals surface area contributed by atoms with Crippen LogP contribution in [0.25, 0.3) is 0 Å². The summed E-state index contributed by atoms with van der Waals surface area (Å²) < 4.78 is 7.70. The molecular formula is C34H36N4O4. The number of hydrogen-bond acceptors (Lipinski definition) is 4. The number of nitrogens with one attached hydrogen (secondary N) is 2. The molecular weight excluding hydrogens is 528 g/mol. The monoisotopic (exact) mass is 564 g/mol. The molecule has 1 aromatic heterocycles. The lowest BCUT2D eigenvalue weighted by Gasteiger charge is -2.19. The Kier molecular flexibility index (Phi) is 7.89. The average Bonchev–Trinajstić information content (AvgIpc) is 3.50. The fourth-order valence-electron chi connectivity index (χ4n) is 4.98. The van der Waals surface area contributed by atoms with Gasteiger partial charge in [-0.3, -0.25) is 24.5 Å². The minimum Gasteiger partial charge on any atom is -0.457 e. The smallest absolute Gasteiger partial charge is 0.270 e. The van der Waals surface area contributed by atoms with E-state index in [0.717, 1.165) is 17.1 Å². The van der Waals surface area contributed by atoms with E-state index in [1.165, 1.54) is 5.56 Å². The Labute approximate surface area is 246 Å². The summed E-state index contributed by atoms with van der Waals surface area (Å²) in [6, 6.07) is 25.9. The molecule has 0 unspecified atom stereocenters. The summed E-state index contributed by atoms with van der Waals surface area (Å²) in [6.07, 6.45) is 0.108. The lowest BCUT2D eigenvalue weighted by molar-refractivity contribution is -0.122. The van der Waals surface area contributed by atoms with Gasteiger partial charge < -0.3 is 15.0 Å². The Bertz CT molecular complexity index is 1600. The summed E-state index contributed by atoms with van der Waals surface area (Å²) in [6.45, 7) is 10.6. The number of rotatable bonds is 7. The molecule has 0 aliphatic carbocycles. The molecule has 1 aliphatic rings. The average molecular weight is 565 g/mol. The third-order valence-corrected chi connectivity index (χ3v) is 7.48. The molecule has 8 heteroatoms. The van der Waals surface area contributed by atoms with Crippen LogP contribution in [0.3, 0.4) is 0 Å². The molecule has 0 radical (unpaired) electrons. The van der Waals surface area contributed by atoms with Gasteiger partial charge in [0.05, 0.1) is 5.92 Å². The zero-order valence-electron chi connectivity index (χ0n) is 24.6. The van der Waals surface area contributed by atoms with Crippen molar-refractivity contribution in [3.05, 3.63) is 107 Å². The Morgan fingerprint density at radius 3 is 2.10 bits per heavy atom. The van der Waals surface area contributed by atoms with Crippen LogP contribution in [0, 0.1) is 19.8 Å². The summed E-state index contributed by atoms with van der Waals surface area (Å²) in [5.41, 5.74) is 7.61. The van der Waals surface area contributed by atoms with E-state index in [1.807, 2.05) is 62.4 Å². The molecule has 5 rings (SSSR count). The van der Waals surface area contributed by atoms with Gasteiger partial charge in [-0.15, -0.1) is 0 Å². The van der Waals surface area contributed by atoms with E-state index in [9.17, 15) is 14.4 Å². The van der Waals surface area contributed by atoms with Crippen molar-refractivity contribution < 1.29 is 19.1 Å². The standard InChI is InChI=1S/C34H36N4O4/c1-22-9-10-23(2)38(22)36-33(41)24-7-6-8-27(19-24)35-32(40)25-20-31(39)37(21-25)28-13-17-30(18-14-28)42-29-15-11-26(12-16-29)34(3,4)5/h6-19,25H,20-21H2,1-5H3,(H,35,40)(H,36,41)/t25-/m0/s1. The minimum absolute atomic E-state index is 0.0688. The van der Waals surface area contributed by atoms with Crippen LogP contribution in [0.1, 0.15) is 54.5 Å². The van der Waals surface area contributed by atoms with Gasteiger partial charge in [-0.2, -0.15) is 0 Å². The highest BCUT2D eigenvalue weighted by Gasteiger charge is 2.35. The fourth-order valence-corrected chi connectivity index (χ4v) is 4.98. The summed E-state index contributed by atoms with van der Waals surface area (Å²) in [5, 5.41) is 2.88. The zero-order valence-corrected chi connectivity index (χ0v) is 24.6. The van der Waals surface area contributed by atoms with Crippen molar-refractivity contribution in [1.29, 1.82) is 0 Å². The van der Waals surface area contributed by atoms with Crippen LogP contribution in [-0.4, -0.2) is 28.9 Å². The van der Waals surface area contributed by atoms with Crippen LogP contribution in [0.4, 0.5) is 11.4 Å². The molecule has 0 saturated carbocycles. The van der Waals surface area contributed by atoms with Crippen molar-refractivity contribution >= 4 is 29.1 Å². The number of aryl methyl sites for hydroxylation is 2. The van der Waals surface area contributed by atoms with Gasteiger partial charge in [-0.05, 0) is 91.6 Å². The van der Waals surface area contributed by atoms with Crippen LogP contribution >= 0.6 is 0 Å². The third-order valence-electron chi connectivity index (χ3n) is 7.48. The number of amides is 3. The highest BCUT2D eigenvalue weighted by molar-refractivity contribution is 6.05. The van der Waals surface area contributed by atoms with Crippen molar-refractivity contribution in [1.82, 2.24) is 4.68 Å². The van der Waals surface area contributed by atoms with E-state index in [1.54, 1.807) is 33.8 Å². The maximum absolute atomic E-state index is 13.1. The number of carbonyl (C=O) groups is 3. The molecule has 2 heterocycles. The SMILES string of the molecule is Cc1ccc(C)n1NC(=O)c1cccc(NC(=O)[C@H]2CC(=O)N(c3ccc(Oc4ccc(C(C)(C)C)cc4)cc3)C2)c1. The summed E-state index contributed by atoms with van der Waals surface area (Å²) >= 11 is 0. The lowest BCUT2D eigenvalue weighted by atomic mass is 9.87. The number of carbonyl (C=O) groups excluding carboxylic acids is 3. The van der Waals surface area contributed by atoms with Crippen LogP contribution in [0.2, 0.25) is 0 Å². The van der Waals surface area contributed by atoms with Gasteiger partial charge in [0.1, 0.15) is 11.5 Å². The fraction of sp³-hybridized carbons (Fsp3) is 0.265. The largest absolute Gasteiger partial charge is 0.457 e. The summed E-state index contributed by atoms with van der Waals surface area (Å²) in [7, 11) is 0. The molecule has 2 N–H and O–H groups in total. The highest BCUT2D eigenvalue weighted by atomic mass is 16.5. The molecule has 1 aliphatic heterocycles. The van der Waals surface area contributed by atoms with Crippen LogP contribution < -0.4 is 20.4 Å². The first kappa shape index (κ1) is 28.7. The second-order valence-corrected chi connectivity index (χ2v) is 11.7. The van der Waals surface area contributed by atoms with E-state index in [4.69, 9.17) is 4.74 Å². The molecule has 216 valence electrons. The maximum atomic E-state index is 13.1. The Balaban J connectivity index is 1.19. The minimum atomic E-state index is -0.516. The maximum Gasteiger partial charge on any atom is 0.270 e. The zero-order chi connectivity index (χ0) is 30.0. The molecule has 1 fully saturated rings. The number of hydrogen-bond donors (Lipinski definition) is 2. The van der Waals surface area contributed by atoms with Gasteiger partial charge >= 0.3 is 0 Å². The van der Waals surface area contributed by atoms with Crippen molar-refractivity contribution in [2.75, 3.05) is 22.2 Å². The number of nitrogens with zero attached hydrogens (tertiary/aromatic N) is 2. The first-order chi connectivity index (χ1) is 20.0. The number of ether oxygens (including phenoxy) is 1. The number of aromatic nitrogens is 1. The molecule has 1 atom stereocenters. The van der Waals surface area contributed by atoms with Gasteiger partial charge in [0.25, 0.3) is 5.91 Å². The summed E-state index contributed by atoms with van der Waals surface area (Å²) in [5.74, 6) is 0.212. The number of anilines is 2. The molecule has 8 nitrogen and oxygen atoms in total. The van der Waals surface area contributed by atoms with Crippen molar-refractivity contribution in [2.45, 2.75) is 46.5 Å². The van der Waals surface area contributed by atoms with Gasteiger partial charge in [0.2, 0.25) is 11.8 Å². The van der Waals surface area contributed by atoms with Gasteiger partial charge in [0, 0.05) is 41.3 Å². The van der Waals surface area contributed by atoms with Crippen molar-refractivity contribution in [2.24, 2.45) is 5.92 Å². The van der Waals surface area contributed by atoms with Crippen LogP contribution in [0.15, 0.2) is 84.9 Å². The first-order valence-corrected chi connectivity index (χ1v) is 14.0. The second-order valence-electron chi connectivity index (χ2n) is 11.7. The lowest BCUT2D eigenvalue weighted by Crippen LogP contribution is -2.28. The molecule has 3 aromatic carbocycles. The third kappa shape index (κ3) is 6.38. The van der Waals surface area contributed by atoms with Crippen LogP contribution in [0.5, 0.6) is 11.5 Å². The molecule has 42 heavy (non-hydrogen) atoms. The van der Waals surface area contributed by atoms with Gasteiger partial charge in [-0.25, -0.2) is 0 Å². The Hall–Kier alpha value is -4.85. The number of benzene rings is 3. The topological polar surface area (TPSA) is 92.7 Å². The van der Waals surface area contributed by atoms with E-state index in [-0.39, 0.29) is 36.1 Å². The van der Waals surface area contributed by atoms with Crippen molar-refractivity contribution in [3.63, 3.8) is 0 Å².